The maximum Gasteiger partial charge on any atom is 0.377 e. The van der Waals surface area contributed by atoms with Crippen LogP contribution >= 0.6 is 0 Å². The van der Waals surface area contributed by atoms with Gasteiger partial charge in [-0.3, -0.25) is 0 Å². The molecular weight excluding hydrogens is 204 g/mol. The topological polar surface area (TPSA) is 38.3 Å². The zero-order chi connectivity index (χ0) is 11.3. The summed E-state index contributed by atoms with van der Waals surface area (Å²) in [5.74, 6) is 0.827. The van der Waals surface area contributed by atoms with Crippen LogP contribution in [0.25, 0.3) is 0 Å². The molecular formula is C10H13F2NO2. The van der Waals surface area contributed by atoms with Crippen molar-refractivity contribution in [3.63, 3.8) is 0 Å². The fraction of sp³-hybridized carbons (Fsp3) is 0.700. The highest BCUT2D eigenvalue weighted by molar-refractivity contribution is 5.79. The summed E-state index contributed by atoms with van der Waals surface area (Å²) < 4.78 is 29.9. The lowest BCUT2D eigenvalue weighted by Crippen LogP contribution is -2.27. The van der Waals surface area contributed by atoms with Gasteiger partial charge in [0.1, 0.15) is 6.10 Å². The maximum atomic E-state index is 12.7. The molecule has 1 aliphatic rings. The summed E-state index contributed by atoms with van der Waals surface area (Å²) >= 11 is 0. The number of halogens is 2. The number of cyclic esters (lactones) is 1. The van der Waals surface area contributed by atoms with Crippen molar-refractivity contribution in [1.29, 1.82) is 0 Å². The van der Waals surface area contributed by atoms with Gasteiger partial charge < -0.3 is 10.1 Å². The minimum Gasteiger partial charge on any atom is -0.456 e. The highest BCUT2D eigenvalue weighted by Gasteiger charge is 2.50. The van der Waals surface area contributed by atoms with Crippen LogP contribution in [0.15, 0.2) is 0 Å². The number of alkyl halides is 2. The molecule has 84 valence electrons. The van der Waals surface area contributed by atoms with Gasteiger partial charge in [0.15, 0.2) is 0 Å². The van der Waals surface area contributed by atoms with Crippen LogP contribution in [0.5, 0.6) is 0 Å². The third kappa shape index (κ3) is 3.48. The van der Waals surface area contributed by atoms with Crippen molar-refractivity contribution in [3.05, 3.63) is 0 Å². The van der Waals surface area contributed by atoms with E-state index < -0.39 is 24.4 Å². The summed E-state index contributed by atoms with van der Waals surface area (Å²) in [5, 5.41) is 2.91. The van der Waals surface area contributed by atoms with Crippen molar-refractivity contribution < 1.29 is 18.3 Å². The zero-order valence-corrected chi connectivity index (χ0v) is 8.48. The Morgan fingerprint density at radius 3 is 2.93 bits per heavy atom. The molecule has 1 fully saturated rings. The van der Waals surface area contributed by atoms with E-state index in [0.717, 1.165) is 0 Å². The van der Waals surface area contributed by atoms with Gasteiger partial charge in [-0.2, -0.15) is 8.78 Å². The molecule has 15 heavy (non-hydrogen) atoms. The molecule has 0 bridgehead atoms. The molecule has 5 heteroatoms. The summed E-state index contributed by atoms with van der Waals surface area (Å²) in [6, 6.07) is 0. The van der Waals surface area contributed by atoms with E-state index >= 15 is 0 Å². The average Bonchev–Trinajstić information content (AvgIpc) is 2.40. The van der Waals surface area contributed by atoms with Crippen LogP contribution in [-0.4, -0.2) is 31.1 Å². The Morgan fingerprint density at radius 1 is 1.67 bits per heavy atom. The monoisotopic (exact) mass is 217 g/mol. The lowest BCUT2D eigenvalue weighted by molar-refractivity contribution is -0.158. The quantitative estimate of drug-likeness (QED) is 0.432. The first-order valence-electron chi connectivity index (χ1n) is 4.75. The van der Waals surface area contributed by atoms with E-state index in [4.69, 9.17) is 0 Å². The first-order valence-corrected chi connectivity index (χ1v) is 4.75. The maximum absolute atomic E-state index is 12.7. The molecule has 1 atom stereocenters. The Kier molecular flexibility index (Phi) is 4.04. The molecule has 0 spiro atoms. The van der Waals surface area contributed by atoms with Gasteiger partial charge in [0.05, 0.1) is 6.42 Å². The third-order valence-electron chi connectivity index (χ3n) is 2.03. The average molecular weight is 217 g/mol. The Labute approximate surface area is 87.2 Å². The third-order valence-corrected chi connectivity index (χ3v) is 2.03. The molecule has 1 heterocycles. The van der Waals surface area contributed by atoms with Crippen molar-refractivity contribution in [2.45, 2.75) is 31.8 Å². The van der Waals surface area contributed by atoms with Crippen molar-refractivity contribution in [1.82, 2.24) is 5.32 Å². The van der Waals surface area contributed by atoms with Crippen LogP contribution < -0.4 is 5.32 Å². The van der Waals surface area contributed by atoms with Crippen LogP contribution in [-0.2, 0) is 9.53 Å². The molecule has 1 rings (SSSR count). The van der Waals surface area contributed by atoms with E-state index in [9.17, 15) is 13.6 Å². The van der Waals surface area contributed by atoms with E-state index in [0.29, 0.717) is 13.0 Å². The van der Waals surface area contributed by atoms with Gasteiger partial charge in [0, 0.05) is 19.5 Å². The summed E-state index contributed by atoms with van der Waals surface area (Å²) in [4.78, 5) is 10.6. The van der Waals surface area contributed by atoms with E-state index in [1.165, 1.54) is 0 Å². The van der Waals surface area contributed by atoms with Crippen LogP contribution in [0, 0.1) is 11.8 Å². The highest BCUT2D eigenvalue weighted by atomic mass is 19.3. The standard InChI is InChI=1S/C10H13F2NO2/c1-2-3-4-5-13-7-8-6-10(11,12)9(14)15-8/h8,13H,4-7H2,1H3. The molecule has 1 saturated heterocycles. The number of esters is 1. The fourth-order valence-corrected chi connectivity index (χ4v) is 1.30. The van der Waals surface area contributed by atoms with E-state index in [-0.39, 0.29) is 6.54 Å². The van der Waals surface area contributed by atoms with Gasteiger partial charge in [-0.1, -0.05) is 0 Å². The van der Waals surface area contributed by atoms with E-state index in [1.54, 1.807) is 6.92 Å². The molecule has 1 aliphatic heterocycles. The molecule has 0 saturated carbocycles. The van der Waals surface area contributed by atoms with Gasteiger partial charge in [-0.15, -0.1) is 11.8 Å². The van der Waals surface area contributed by atoms with E-state index in [2.05, 4.69) is 21.9 Å². The number of nitrogens with one attached hydrogen (secondary N) is 1. The van der Waals surface area contributed by atoms with Gasteiger partial charge in [-0.05, 0) is 6.92 Å². The molecule has 1 unspecified atom stereocenters. The minimum atomic E-state index is -3.31. The molecule has 0 aromatic rings. The molecule has 0 aromatic heterocycles. The van der Waals surface area contributed by atoms with E-state index in [1.807, 2.05) is 0 Å². The second-order valence-corrected chi connectivity index (χ2v) is 3.32. The molecule has 3 nitrogen and oxygen atoms in total. The number of hydrogen-bond acceptors (Lipinski definition) is 3. The van der Waals surface area contributed by atoms with Gasteiger partial charge in [-0.25, -0.2) is 4.79 Å². The number of ether oxygens (including phenoxy) is 1. The first-order chi connectivity index (χ1) is 7.06. The molecule has 0 radical (unpaired) electrons. The normalized spacial score (nSPS) is 23.1. The number of hydrogen-bond donors (Lipinski definition) is 1. The van der Waals surface area contributed by atoms with Crippen LogP contribution in [0.2, 0.25) is 0 Å². The lowest BCUT2D eigenvalue weighted by atomic mass is 10.2. The fourth-order valence-electron chi connectivity index (χ4n) is 1.30. The largest absolute Gasteiger partial charge is 0.456 e. The Balaban J connectivity index is 2.18. The molecule has 0 aliphatic carbocycles. The van der Waals surface area contributed by atoms with Gasteiger partial charge in [0.25, 0.3) is 0 Å². The van der Waals surface area contributed by atoms with Crippen molar-refractivity contribution in [2.24, 2.45) is 0 Å². The second kappa shape index (κ2) is 5.08. The number of rotatable bonds is 4. The predicted molar refractivity (Wildman–Crippen MR) is 50.4 cm³/mol. The molecule has 0 aromatic carbocycles. The minimum absolute atomic E-state index is 0.257. The molecule has 0 amide bonds. The lowest BCUT2D eigenvalue weighted by Gasteiger charge is -2.08. The zero-order valence-electron chi connectivity index (χ0n) is 8.48. The highest BCUT2D eigenvalue weighted by Crippen LogP contribution is 2.30. The first kappa shape index (κ1) is 11.9. The summed E-state index contributed by atoms with van der Waals surface area (Å²) in [6.45, 7) is 2.60. The van der Waals surface area contributed by atoms with Crippen molar-refractivity contribution in [3.8, 4) is 11.8 Å². The predicted octanol–water partition coefficient (Wildman–Crippen LogP) is 0.940. The molecule has 1 N–H and O–H groups in total. The Morgan fingerprint density at radius 2 is 2.40 bits per heavy atom. The Hall–Kier alpha value is -1.15. The smallest absolute Gasteiger partial charge is 0.377 e. The second-order valence-electron chi connectivity index (χ2n) is 3.32. The summed E-state index contributed by atoms with van der Waals surface area (Å²) in [7, 11) is 0. The number of carbonyl (C=O) groups excluding carboxylic acids is 1. The number of carbonyl (C=O) groups is 1. The SMILES string of the molecule is CC#CCCNCC1CC(F)(F)C(=O)O1. The van der Waals surface area contributed by atoms with Crippen LogP contribution in [0.1, 0.15) is 19.8 Å². The van der Waals surface area contributed by atoms with Crippen molar-refractivity contribution >= 4 is 5.97 Å². The summed E-state index contributed by atoms with van der Waals surface area (Å²) in [5.41, 5.74) is 0. The van der Waals surface area contributed by atoms with Gasteiger partial charge in [0.2, 0.25) is 0 Å². The summed E-state index contributed by atoms with van der Waals surface area (Å²) in [6.07, 6.45) is -0.589. The van der Waals surface area contributed by atoms with Crippen molar-refractivity contribution in [2.75, 3.05) is 13.1 Å². The van der Waals surface area contributed by atoms with Crippen LogP contribution in [0.4, 0.5) is 8.78 Å². The van der Waals surface area contributed by atoms with Gasteiger partial charge >= 0.3 is 11.9 Å². The Bertz CT molecular complexity index is 294. The van der Waals surface area contributed by atoms with Crippen LogP contribution in [0.3, 0.4) is 0 Å².